The zero-order chi connectivity index (χ0) is 18.1. The van der Waals surface area contributed by atoms with Gasteiger partial charge in [-0.1, -0.05) is 12.1 Å². The minimum absolute atomic E-state index is 0.145. The SMILES string of the molecule is Cc1ccc(C)c(OCC(=O)Nc2ccc3c(c2)C(=O)N(C)C3=O)c1. The molecule has 0 fully saturated rings. The van der Waals surface area contributed by atoms with Crippen LogP contribution in [0.25, 0.3) is 0 Å². The maximum atomic E-state index is 12.1. The average molecular weight is 338 g/mol. The van der Waals surface area contributed by atoms with E-state index in [0.29, 0.717) is 22.6 Å². The molecule has 6 heteroatoms. The first-order chi connectivity index (χ1) is 11.9. The van der Waals surface area contributed by atoms with Crippen LogP contribution < -0.4 is 10.1 Å². The van der Waals surface area contributed by atoms with E-state index in [9.17, 15) is 14.4 Å². The van der Waals surface area contributed by atoms with Crippen LogP contribution in [-0.2, 0) is 4.79 Å². The minimum Gasteiger partial charge on any atom is -0.483 e. The number of ether oxygens (including phenoxy) is 1. The molecule has 0 aliphatic carbocycles. The number of hydrogen-bond donors (Lipinski definition) is 1. The van der Waals surface area contributed by atoms with Gasteiger partial charge in [-0.3, -0.25) is 19.3 Å². The average Bonchev–Trinajstić information content (AvgIpc) is 2.80. The Bertz CT molecular complexity index is 889. The molecule has 0 saturated carbocycles. The first kappa shape index (κ1) is 16.7. The second-order valence-corrected chi connectivity index (χ2v) is 6.04. The van der Waals surface area contributed by atoms with Gasteiger partial charge in [0.15, 0.2) is 6.61 Å². The minimum atomic E-state index is -0.372. The molecule has 1 N–H and O–H groups in total. The molecule has 1 aliphatic rings. The molecular formula is C19H18N2O4. The second-order valence-electron chi connectivity index (χ2n) is 6.04. The van der Waals surface area contributed by atoms with Gasteiger partial charge >= 0.3 is 0 Å². The molecule has 1 aliphatic heterocycles. The van der Waals surface area contributed by atoms with E-state index >= 15 is 0 Å². The van der Waals surface area contributed by atoms with E-state index < -0.39 is 0 Å². The third kappa shape index (κ3) is 3.24. The number of anilines is 1. The lowest BCUT2D eigenvalue weighted by Crippen LogP contribution is -2.24. The summed E-state index contributed by atoms with van der Waals surface area (Å²) in [4.78, 5) is 37.0. The maximum Gasteiger partial charge on any atom is 0.262 e. The number of aryl methyl sites for hydroxylation is 2. The van der Waals surface area contributed by atoms with E-state index in [1.54, 1.807) is 12.1 Å². The fourth-order valence-corrected chi connectivity index (χ4v) is 2.64. The van der Waals surface area contributed by atoms with Gasteiger partial charge in [0.25, 0.3) is 17.7 Å². The highest BCUT2D eigenvalue weighted by Crippen LogP contribution is 2.25. The number of imide groups is 1. The zero-order valence-electron chi connectivity index (χ0n) is 14.3. The van der Waals surface area contributed by atoms with Crippen molar-refractivity contribution in [3.05, 3.63) is 58.7 Å². The number of carbonyl (C=O) groups excluding carboxylic acids is 3. The van der Waals surface area contributed by atoms with Crippen LogP contribution in [0.4, 0.5) is 5.69 Å². The predicted molar refractivity (Wildman–Crippen MR) is 92.9 cm³/mol. The quantitative estimate of drug-likeness (QED) is 0.869. The van der Waals surface area contributed by atoms with Crippen LogP contribution in [0.1, 0.15) is 31.8 Å². The fourth-order valence-electron chi connectivity index (χ4n) is 2.64. The molecule has 2 aromatic carbocycles. The van der Waals surface area contributed by atoms with Crippen molar-refractivity contribution in [2.24, 2.45) is 0 Å². The summed E-state index contributed by atoms with van der Waals surface area (Å²) in [5.41, 5.74) is 3.08. The van der Waals surface area contributed by atoms with Crippen molar-refractivity contribution in [3.8, 4) is 5.75 Å². The van der Waals surface area contributed by atoms with Crippen molar-refractivity contribution in [2.75, 3.05) is 19.0 Å². The van der Waals surface area contributed by atoms with Crippen LogP contribution in [0.5, 0.6) is 5.75 Å². The van der Waals surface area contributed by atoms with Gasteiger partial charge in [-0.25, -0.2) is 0 Å². The maximum absolute atomic E-state index is 12.1. The summed E-state index contributed by atoms with van der Waals surface area (Å²) in [5, 5.41) is 2.68. The van der Waals surface area contributed by atoms with E-state index in [1.165, 1.54) is 13.1 Å². The molecule has 0 atom stereocenters. The molecule has 128 valence electrons. The number of benzene rings is 2. The standard InChI is InChI=1S/C19H18N2O4/c1-11-4-5-12(2)16(8-11)25-10-17(22)20-13-6-7-14-15(9-13)19(24)21(3)18(14)23/h4-9H,10H2,1-3H3,(H,20,22). The first-order valence-electron chi connectivity index (χ1n) is 7.83. The van der Waals surface area contributed by atoms with Crippen molar-refractivity contribution in [1.82, 2.24) is 4.90 Å². The van der Waals surface area contributed by atoms with Crippen molar-refractivity contribution in [1.29, 1.82) is 0 Å². The number of hydrogen-bond acceptors (Lipinski definition) is 4. The van der Waals surface area contributed by atoms with Crippen molar-refractivity contribution in [2.45, 2.75) is 13.8 Å². The molecule has 0 saturated heterocycles. The molecule has 25 heavy (non-hydrogen) atoms. The Hall–Kier alpha value is -3.15. The van der Waals surface area contributed by atoms with Gasteiger partial charge < -0.3 is 10.1 Å². The summed E-state index contributed by atoms with van der Waals surface area (Å²) >= 11 is 0. The molecule has 0 radical (unpaired) electrons. The highest BCUT2D eigenvalue weighted by Gasteiger charge is 2.32. The molecule has 1 heterocycles. The molecule has 3 rings (SSSR count). The van der Waals surface area contributed by atoms with E-state index in [2.05, 4.69) is 5.32 Å². The summed E-state index contributed by atoms with van der Waals surface area (Å²) < 4.78 is 5.56. The monoisotopic (exact) mass is 338 g/mol. The lowest BCUT2D eigenvalue weighted by molar-refractivity contribution is -0.118. The topological polar surface area (TPSA) is 75.7 Å². The second kappa shape index (κ2) is 6.39. The summed E-state index contributed by atoms with van der Waals surface area (Å²) in [5.74, 6) is -0.392. The Balaban J connectivity index is 1.67. The van der Waals surface area contributed by atoms with Crippen molar-refractivity contribution < 1.29 is 19.1 Å². The Morgan fingerprint density at radius 3 is 2.52 bits per heavy atom. The van der Waals surface area contributed by atoms with Crippen LogP contribution in [0.15, 0.2) is 36.4 Å². The van der Waals surface area contributed by atoms with Crippen LogP contribution in [0.3, 0.4) is 0 Å². The first-order valence-corrected chi connectivity index (χ1v) is 7.83. The largest absolute Gasteiger partial charge is 0.483 e. The molecule has 6 nitrogen and oxygen atoms in total. The highest BCUT2D eigenvalue weighted by molar-refractivity contribution is 6.21. The van der Waals surface area contributed by atoms with Gasteiger partial charge in [0, 0.05) is 12.7 Å². The van der Waals surface area contributed by atoms with Gasteiger partial charge in [-0.15, -0.1) is 0 Å². The normalized spacial score (nSPS) is 13.0. The lowest BCUT2D eigenvalue weighted by Gasteiger charge is -2.10. The van der Waals surface area contributed by atoms with Crippen LogP contribution >= 0.6 is 0 Å². The van der Waals surface area contributed by atoms with Crippen LogP contribution in [-0.4, -0.2) is 36.3 Å². The third-order valence-electron chi connectivity index (χ3n) is 4.08. The lowest BCUT2D eigenvalue weighted by atomic mass is 10.1. The summed E-state index contributed by atoms with van der Waals surface area (Å²) in [7, 11) is 1.43. The van der Waals surface area contributed by atoms with Crippen LogP contribution in [0.2, 0.25) is 0 Å². The molecule has 0 aromatic heterocycles. The van der Waals surface area contributed by atoms with E-state index in [0.717, 1.165) is 16.0 Å². The van der Waals surface area contributed by atoms with E-state index in [1.807, 2.05) is 32.0 Å². The number of rotatable bonds is 4. The molecule has 3 amide bonds. The smallest absolute Gasteiger partial charge is 0.262 e. The van der Waals surface area contributed by atoms with Crippen LogP contribution in [0, 0.1) is 13.8 Å². The van der Waals surface area contributed by atoms with Gasteiger partial charge in [-0.2, -0.15) is 0 Å². The Morgan fingerprint density at radius 2 is 1.76 bits per heavy atom. The van der Waals surface area contributed by atoms with E-state index in [-0.39, 0.29) is 24.3 Å². The van der Waals surface area contributed by atoms with Gasteiger partial charge in [0.05, 0.1) is 11.1 Å². The Kier molecular flexibility index (Phi) is 4.27. The summed E-state index contributed by atoms with van der Waals surface area (Å²) in [6.07, 6.45) is 0. The predicted octanol–water partition coefficient (Wildman–Crippen LogP) is 2.55. The van der Waals surface area contributed by atoms with Crippen molar-refractivity contribution in [3.63, 3.8) is 0 Å². The molecule has 2 aromatic rings. The third-order valence-corrected chi connectivity index (χ3v) is 4.08. The molecule has 0 bridgehead atoms. The van der Waals surface area contributed by atoms with Gasteiger partial charge in [0.2, 0.25) is 0 Å². The molecule has 0 spiro atoms. The van der Waals surface area contributed by atoms with Gasteiger partial charge in [0.1, 0.15) is 5.75 Å². The number of nitrogens with one attached hydrogen (secondary N) is 1. The van der Waals surface area contributed by atoms with Crippen molar-refractivity contribution >= 4 is 23.4 Å². The molecular weight excluding hydrogens is 320 g/mol. The number of carbonyl (C=O) groups is 3. The van der Waals surface area contributed by atoms with E-state index in [4.69, 9.17) is 4.74 Å². The van der Waals surface area contributed by atoms with Gasteiger partial charge in [-0.05, 0) is 49.2 Å². The zero-order valence-corrected chi connectivity index (χ0v) is 14.3. The molecule has 0 unspecified atom stereocenters. The summed E-state index contributed by atoms with van der Waals surface area (Å²) in [6, 6.07) is 10.4. The highest BCUT2D eigenvalue weighted by atomic mass is 16.5. The number of amides is 3. The Morgan fingerprint density at radius 1 is 1.04 bits per heavy atom. The Labute approximate surface area is 145 Å². The fraction of sp³-hybridized carbons (Fsp3) is 0.211. The number of fused-ring (bicyclic) bond motifs is 1. The summed E-state index contributed by atoms with van der Waals surface area (Å²) in [6.45, 7) is 3.71. The number of nitrogens with zero attached hydrogens (tertiary/aromatic N) is 1.